The Bertz CT molecular complexity index is 808. The van der Waals surface area contributed by atoms with Crippen LogP contribution in [-0.4, -0.2) is 14.8 Å². The topological polar surface area (TPSA) is 42.7 Å². The van der Waals surface area contributed by atoms with E-state index in [0.717, 1.165) is 17.9 Å². The normalized spacial score (nSPS) is 19.9. The first-order chi connectivity index (χ1) is 11.2. The van der Waals surface area contributed by atoms with Crippen LogP contribution in [0.3, 0.4) is 0 Å². The van der Waals surface area contributed by atoms with Crippen molar-refractivity contribution in [3.63, 3.8) is 0 Å². The highest BCUT2D eigenvalue weighted by Crippen LogP contribution is 2.37. The summed E-state index contributed by atoms with van der Waals surface area (Å²) in [6.45, 7) is 2.08. The molecule has 0 fully saturated rings. The Labute approximate surface area is 134 Å². The first-order valence-electron chi connectivity index (χ1n) is 7.69. The molecule has 0 saturated carbocycles. The summed E-state index contributed by atoms with van der Waals surface area (Å²) in [4.78, 5) is 4.31. The zero-order chi connectivity index (χ0) is 15.8. The van der Waals surface area contributed by atoms with Crippen LogP contribution >= 0.6 is 0 Å². The number of hydrogen-bond donors (Lipinski definition) is 1. The van der Waals surface area contributed by atoms with Crippen LogP contribution in [0.4, 0.5) is 10.3 Å². The molecule has 3 aromatic rings. The van der Waals surface area contributed by atoms with Crippen LogP contribution in [0.15, 0.2) is 54.9 Å². The van der Waals surface area contributed by atoms with Crippen molar-refractivity contribution in [2.45, 2.75) is 25.4 Å². The molecule has 1 aliphatic rings. The van der Waals surface area contributed by atoms with E-state index in [2.05, 4.69) is 46.6 Å². The monoisotopic (exact) mass is 308 g/mol. The summed E-state index contributed by atoms with van der Waals surface area (Å²) >= 11 is 0. The van der Waals surface area contributed by atoms with Crippen molar-refractivity contribution in [1.82, 2.24) is 14.8 Å². The first kappa shape index (κ1) is 13.9. The van der Waals surface area contributed by atoms with Crippen LogP contribution in [0.1, 0.15) is 35.2 Å². The van der Waals surface area contributed by atoms with E-state index in [9.17, 15) is 4.39 Å². The fourth-order valence-electron chi connectivity index (χ4n) is 3.10. The molecule has 2 unspecified atom stereocenters. The standard InChI is InChI=1S/C18H17FN4/c1-12-2-4-13(5-3-12)16-10-17(14-6-8-15(19)9-7-14)23-18(22-16)20-11-21-23/h2-9,11,16-17H,10H2,1H3,(H,20,21,22). The molecule has 4 nitrogen and oxygen atoms in total. The first-order valence-corrected chi connectivity index (χ1v) is 7.69. The van der Waals surface area contributed by atoms with Crippen LogP contribution in [0.25, 0.3) is 0 Å². The lowest BCUT2D eigenvalue weighted by atomic mass is 9.93. The Kier molecular flexibility index (Phi) is 3.33. The zero-order valence-corrected chi connectivity index (χ0v) is 12.8. The summed E-state index contributed by atoms with van der Waals surface area (Å²) in [5, 5.41) is 7.77. The van der Waals surface area contributed by atoms with Gasteiger partial charge in [0.05, 0.1) is 12.1 Å². The predicted molar refractivity (Wildman–Crippen MR) is 86.7 cm³/mol. The van der Waals surface area contributed by atoms with E-state index in [1.54, 1.807) is 6.33 Å². The van der Waals surface area contributed by atoms with Crippen molar-refractivity contribution < 1.29 is 4.39 Å². The number of anilines is 1. The summed E-state index contributed by atoms with van der Waals surface area (Å²) < 4.78 is 15.1. The van der Waals surface area contributed by atoms with Gasteiger partial charge in [-0.2, -0.15) is 10.1 Å². The Balaban J connectivity index is 1.71. The number of nitrogens with one attached hydrogen (secondary N) is 1. The van der Waals surface area contributed by atoms with Crippen molar-refractivity contribution in [1.29, 1.82) is 0 Å². The van der Waals surface area contributed by atoms with E-state index in [1.165, 1.54) is 23.3 Å². The van der Waals surface area contributed by atoms with Crippen molar-refractivity contribution in [3.05, 3.63) is 77.4 Å². The zero-order valence-electron chi connectivity index (χ0n) is 12.8. The molecule has 1 aliphatic heterocycles. The second-order valence-electron chi connectivity index (χ2n) is 5.94. The van der Waals surface area contributed by atoms with Gasteiger partial charge >= 0.3 is 0 Å². The van der Waals surface area contributed by atoms with Gasteiger partial charge in [-0.1, -0.05) is 42.0 Å². The smallest absolute Gasteiger partial charge is 0.222 e. The van der Waals surface area contributed by atoms with E-state index in [0.29, 0.717) is 0 Å². The third-order valence-electron chi connectivity index (χ3n) is 4.37. The Morgan fingerprint density at radius 1 is 1.04 bits per heavy atom. The number of aromatic nitrogens is 3. The second kappa shape index (κ2) is 5.50. The van der Waals surface area contributed by atoms with Crippen molar-refractivity contribution in [2.24, 2.45) is 0 Å². The van der Waals surface area contributed by atoms with Crippen LogP contribution in [0.5, 0.6) is 0 Å². The fourth-order valence-corrected chi connectivity index (χ4v) is 3.10. The highest BCUT2D eigenvalue weighted by atomic mass is 19.1. The van der Waals surface area contributed by atoms with Crippen LogP contribution in [0, 0.1) is 12.7 Å². The molecule has 0 radical (unpaired) electrons. The molecular weight excluding hydrogens is 291 g/mol. The lowest BCUT2D eigenvalue weighted by molar-refractivity contribution is 0.430. The Morgan fingerprint density at radius 3 is 2.48 bits per heavy atom. The number of rotatable bonds is 2. The fraction of sp³-hybridized carbons (Fsp3) is 0.222. The molecule has 2 heterocycles. The number of benzene rings is 2. The van der Waals surface area contributed by atoms with Crippen molar-refractivity contribution >= 4 is 5.95 Å². The molecule has 1 aromatic heterocycles. The van der Waals surface area contributed by atoms with Gasteiger partial charge in [0.25, 0.3) is 0 Å². The van der Waals surface area contributed by atoms with Gasteiger partial charge in [0.15, 0.2) is 0 Å². The molecule has 4 rings (SSSR count). The Morgan fingerprint density at radius 2 is 1.74 bits per heavy atom. The predicted octanol–water partition coefficient (Wildman–Crippen LogP) is 3.87. The summed E-state index contributed by atoms with van der Waals surface area (Å²) in [7, 11) is 0. The van der Waals surface area contributed by atoms with Gasteiger partial charge in [-0.15, -0.1) is 0 Å². The number of hydrogen-bond acceptors (Lipinski definition) is 3. The number of nitrogens with zero attached hydrogens (tertiary/aromatic N) is 3. The maximum Gasteiger partial charge on any atom is 0.222 e. The minimum Gasteiger partial charge on any atom is -0.348 e. The summed E-state index contributed by atoms with van der Waals surface area (Å²) in [5.41, 5.74) is 3.50. The molecule has 0 bridgehead atoms. The SMILES string of the molecule is Cc1ccc(C2CC(c3ccc(F)cc3)n3ncnc3N2)cc1. The molecule has 1 N–H and O–H groups in total. The lowest BCUT2D eigenvalue weighted by Gasteiger charge is -2.31. The van der Waals surface area contributed by atoms with E-state index in [-0.39, 0.29) is 17.9 Å². The quantitative estimate of drug-likeness (QED) is 0.781. The summed E-state index contributed by atoms with van der Waals surface area (Å²) in [5.74, 6) is 0.521. The average Bonchev–Trinajstić information content (AvgIpc) is 3.04. The van der Waals surface area contributed by atoms with Gasteiger partial charge in [0.1, 0.15) is 12.1 Å². The van der Waals surface area contributed by atoms with E-state index >= 15 is 0 Å². The third-order valence-corrected chi connectivity index (χ3v) is 4.37. The third kappa shape index (κ3) is 2.59. The van der Waals surface area contributed by atoms with Crippen LogP contribution in [-0.2, 0) is 0 Å². The largest absolute Gasteiger partial charge is 0.348 e. The highest BCUT2D eigenvalue weighted by Gasteiger charge is 2.29. The van der Waals surface area contributed by atoms with Gasteiger partial charge in [0.2, 0.25) is 5.95 Å². The molecular formula is C18H17FN4. The van der Waals surface area contributed by atoms with E-state index < -0.39 is 0 Å². The summed E-state index contributed by atoms with van der Waals surface area (Å²) in [6, 6.07) is 15.3. The van der Waals surface area contributed by atoms with Crippen LogP contribution < -0.4 is 5.32 Å². The second-order valence-corrected chi connectivity index (χ2v) is 5.94. The average molecular weight is 308 g/mol. The molecule has 5 heteroatoms. The molecule has 2 atom stereocenters. The molecule has 0 saturated heterocycles. The number of aryl methyl sites for hydroxylation is 1. The molecule has 23 heavy (non-hydrogen) atoms. The lowest BCUT2D eigenvalue weighted by Crippen LogP contribution is -2.28. The molecule has 0 amide bonds. The van der Waals surface area contributed by atoms with Gasteiger partial charge in [-0.3, -0.25) is 0 Å². The van der Waals surface area contributed by atoms with Crippen LogP contribution in [0.2, 0.25) is 0 Å². The van der Waals surface area contributed by atoms with Gasteiger partial charge in [-0.05, 0) is 36.6 Å². The van der Waals surface area contributed by atoms with Crippen molar-refractivity contribution in [2.75, 3.05) is 5.32 Å². The summed E-state index contributed by atoms with van der Waals surface area (Å²) in [6.07, 6.45) is 2.39. The minimum atomic E-state index is -0.225. The molecule has 0 spiro atoms. The highest BCUT2D eigenvalue weighted by molar-refractivity contribution is 5.38. The van der Waals surface area contributed by atoms with E-state index in [1.807, 2.05) is 16.8 Å². The number of fused-ring (bicyclic) bond motifs is 1. The van der Waals surface area contributed by atoms with Crippen molar-refractivity contribution in [3.8, 4) is 0 Å². The Hall–Kier alpha value is -2.69. The van der Waals surface area contributed by atoms with Gasteiger partial charge in [-0.25, -0.2) is 9.07 Å². The molecule has 116 valence electrons. The minimum absolute atomic E-state index is 0.0423. The molecule has 0 aliphatic carbocycles. The maximum atomic E-state index is 13.2. The number of halogens is 1. The van der Waals surface area contributed by atoms with Gasteiger partial charge in [0, 0.05) is 0 Å². The molecule has 2 aromatic carbocycles. The maximum absolute atomic E-state index is 13.2. The van der Waals surface area contributed by atoms with E-state index in [4.69, 9.17) is 0 Å². The van der Waals surface area contributed by atoms with Gasteiger partial charge < -0.3 is 5.32 Å².